The van der Waals surface area contributed by atoms with Gasteiger partial charge in [0.05, 0.1) is 12.1 Å². The minimum atomic E-state index is 0.368. The summed E-state index contributed by atoms with van der Waals surface area (Å²) in [7, 11) is 1.65. The van der Waals surface area contributed by atoms with Crippen molar-refractivity contribution in [3.63, 3.8) is 0 Å². The molecule has 0 atom stereocenters. The molecule has 76 valence electrons. The Morgan fingerprint density at radius 1 is 1.29 bits per heavy atom. The average Bonchev–Trinajstić information content (AvgIpc) is 2.19. The summed E-state index contributed by atoms with van der Waals surface area (Å²) in [6, 6.07) is 7.72. The van der Waals surface area contributed by atoms with Crippen LogP contribution < -0.4 is 10.1 Å². The molecule has 0 saturated heterocycles. The molecule has 0 bridgehead atoms. The maximum Gasteiger partial charge on any atom is 0.119 e. The number of anilines is 1. The summed E-state index contributed by atoms with van der Waals surface area (Å²) in [6.45, 7) is 4.14. The van der Waals surface area contributed by atoms with Gasteiger partial charge in [0.15, 0.2) is 0 Å². The molecule has 1 rings (SSSR count). The van der Waals surface area contributed by atoms with E-state index in [4.69, 9.17) is 17.0 Å². The predicted molar refractivity (Wildman–Crippen MR) is 64.1 cm³/mol. The van der Waals surface area contributed by atoms with Crippen molar-refractivity contribution < 1.29 is 4.74 Å². The van der Waals surface area contributed by atoms with Crippen molar-refractivity contribution in [3.05, 3.63) is 24.3 Å². The molecule has 0 amide bonds. The van der Waals surface area contributed by atoms with Crippen molar-refractivity contribution in [1.82, 2.24) is 0 Å². The van der Waals surface area contributed by atoms with Gasteiger partial charge in [-0.25, -0.2) is 0 Å². The number of ether oxygens (including phenoxy) is 1. The first-order chi connectivity index (χ1) is 6.63. The van der Waals surface area contributed by atoms with Crippen molar-refractivity contribution in [2.45, 2.75) is 13.8 Å². The van der Waals surface area contributed by atoms with Crippen LogP contribution in [0.3, 0.4) is 0 Å². The van der Waals surface area contributed by atoms with Gasteiger partial charge in [0.2, 0.25) is 0 Å². The lowest BCUT2D eigenvalue weighted by Gasteiger charge is -2.10. The first kappa shape index (κ1) is 11.0. The van der Waals surface area contributed by atoms with Crippen molar-refractivity contribution in [1.29, 1.82) is 0 Å². The molecule has 0 spiro atoms. The second-order valence-electron chi connectivity index (χ2n) is 3.37. The smallest absolute Gasteiger partial charge is 0.119 e. The van der Waals surface area contributed by atoms with E-state index >= 15 is 0 Å². The number of hydrogen-bond donors (Lipinski definition) is 1. The summed E-state index contributed by atoms with van der Waals surface area (Å²) in [5.41, 5.74) is 1.00. The van der Waals surface area contributed by atoms with Gasteiger partial charge in [0.25, 0.3) is 0 Å². The minimum absolute atomic E-state index is 0.368. The molecule has 14 heavy (non-hydrogen) atoms. The van der Waals surface area contributed by atoms with Crippen LogP contribution in [0.5, 0.6) is 5.75 Å². The minimum Gasteiger partial charge on any atom is -0.497 e. The highest BCUT2D eigenvalue weighted by Crippen LogP contribution is 2.15. The summed E-state index contributed by atoms with van der Waals surface area (Å²) < 4.78 is 5.06. The molecular formula is C11H15NOS. The Balaban J connectivity index is 2.64. The Morgan fingerprint density at radius 2 is 1.86 bits per heavy atom. The number of hydrogen-bond acceptors (Lipinski definition) is 2. The topological polar surface area (TPSA) is 21.3 Å². The average molecular weight is 209 g/mol. The van der Waals surface area contributed by atoms with E-state index < -0.39 is 0 Å². The third-order valence-corrected chi connectivity index (χ3v) is 2.46. The lowest BCUT2D eigenvalue weighted by molar-refractivity contribution is 0.415. The number of nitrogens with one attached hydrogen (secondary N) is 1. The first-order valence-corrected chi connectivity index (χ1v) is 4.99. The van der Waals surface area contributed by atoms with Gasteiger partial charge in [-0.15, -0.1) is 0 Å². The Hall–Kier alpha value is -1.09. The second kappa shape index (κ2) is 4.96. The van der Waals surface area contributed by atoms with E-state index in [2.05, 4.69) is 19.2 Å². The fourth-order valence-corrected chi connectivity index (χ4v) is 1.08. The molecule has 1 aromatic rings. The highest BCUT2D eigenvalue weighted by Gasteiger charge is 2.02. The van der Waals surface area contributed by atoms with Gasteiger partial charge >= 0.3 is 0 Å². The predicted octanol–water partition coefficient (Wildman–Crippen LogP) is 3.09. The summed E-state index contributed by atoms with van der Waals surface area (Å²) in [6.07, 6.45) is 0. The van der Waals surface area contributed by atoms with Gasteiger partial charge in [-0.1, -0.05) is 26.1 Å². The van der Waals surface area contributed by atoms with Crippen molar-refractivity contribution in [2.24, 2.45) is 5.92 Å². The van der Waals surface area contributed by atoms with E-state index in [0.29, 0.717) is 5.92 Å². The normalized spacial score (nSPS) is 10.0. The van der Waals surface area contributed by atoms with Crippen LogP contribution >= 0.6 is 12.2 Å². The number of methoxy groups -OCH3 is 1. The molecule has 0 heterocycles. The van der Waals surface area contributed by atoms with Crippen LogP contribution in [0.15, 0.2) is 24.3 Å². The molecule has 0 aliphatic carbocycles. The van der Waals surface area contributed by atoms with Gasteiger partial charge in [0.1, 0.15) is 5.75 Å². The van der Waals surface area contributed by atoms with Gasteiger partial charge in [-0.3, -0.25) is 0 Å². The molecule has 0 aliphatic rings. The highest BCUT2D eigenvalue weighted by atomic mass is 32.1. The summed E-state index contributed by atoms with van der Waals surface area (Å²) in [5.74, 6) is 1.22. The third-order valence-electron chi connectivity index (χ3n) is 1.88. The van der Waals surface area contributed by atoms with Crippen LogP contribution in [0.4, 0.5) is 5.69 Å². The van der Waals surface area contributed by atoms with Crippen LogP contribution in [-0.2, 0) is 0 Å². The van der Waals surface area contributed by atoms with E-state index in [1.807, 2.05) is 24.3 Å². The van der Waals surface area contributed by atoms with Crippen LogP contribution in [0.25, 0.3) is 0 Å². The van der Waals surface area contributed by atoms with Gasteiger partial charge in [-0.05, 0) is 24.3 Å². The van der Waals surface area contributed by atoms with E-state index in [1.54, 1.807) is 7.11 Å². The fourth-order valence-electron chi connectivity index (χ4n) is 0.961. The van der Waals surface area contributed by atoms with E-state index in [0.717, 1.165) is 16.4 Å². The van der Waals surface area contributed by atoms with E-state index in [1.165, 1.54) is 0 Å². The van der Waals surface area contributed by atoms with Gasteiger partial charge in [0, 0.05) is 11.6 Å². The van der Waals surface area contributed by atoms with Crippen molar-refractivity contribution >= 4 is 22.9 Å². The van der Waals surface area contributed by atoms with Crippen LogP contribution in [0, 0.1) is 5.92 Å². The molecule has 0 aromatic heterocycles. The number of benzene rings is 1. The SMILES string of the molecule is COc1ccc(NC(=S)C(C)C)cc1. The molecule has 0 radical (unpaired) electrons. The van der Waals surface area contributed by atoms with Gasteiger partial charge < -0.3 is 10.1 Å². The molecular weight excluding hydrogens is 194 g/mol. The lowest BCUT2D eigenvalue weighted by atomic mass is 10.2. The zero-order valence-electron chi connectivity index (χ0n) is 8.70. The number of rotatable bonds is 3. The Morgan fingerprint density at radius 3 is 2.29 bits per heavy atom. The standard InChI is InChI=1S/C11H15NOS/c1-8(2)11(14)12-9-4-6-10(13-3)7-5-9/h4-8H,1-3H3,(H,12,14). The Labute approximate surface area is 90.3 Å². The van der Waals surface area contributed by atoms with Crippen LogP contribution in [0.2, 0.25) is 0 Å². The Bertz CT molecular complexity index is 306. The number of thiocarbonyl (C=S) groups is 1. The lowest BCUT2D eigenvalue weighted by Crippen LogP contribution is -2.15. The quantitative estimate of drug-likeness (QED) is 0.773. The van der Waals surface area contributed by atoms with Crippen molar-refractivity contribution in [2.75, 3.05) is 12.4 Å². The Kier molecular flexibility index (Phi) is 3.89. The first-order valence-electron chi connectivity index (χ1n) is 4.58. The fraction of sp³-hybridized carbons (Fsp3) is 0.364. The molecule has 0 unspecified atom stereocenters. The second-order valence-corrected chi connectivity index (χ2v) is 3.81. The summed E-state index contributed by atoms with van der Waals surface area (Å²) in [5, 5.41) is 3.17. The van der Waals surface area contributed by atoms with Crippen molar-refractivity contribution in [3.8, 4) is 5.75 Å². The monoisotopic (exact) mass is 209 g/mol. The highest BCUT2D eigenvalue weighted by molar-refractivity contribution is 7.80. The largest absolute Gasteiger partial charge is 0.497 e. The van der Waals surface area contributed by atoms with Crippen LogP contribution in [-0.4, -0.2) is 12.1 Å². The molecule has 2 nitrogen and oxygen atoms in total. The van der Waals surface area contributed by atoms with Gasteiger partial charge in [-0.2, -0.15) is 0 Å². The molecule has 0 saturated carbocycles. The molecule has 3 heteroatoms. The molecule has 0 aliphatic heterocycles. The van der Waals surface area contributed by atoms with Crippen LogP contribution in [0.1, 0.15) is 13.8 Å². The van der Waals surface area contributed by atoms with E-state index in [-0.39, 0.29) is 0 Å². The third kappa shape index (κ3) is 3.00. The summed E-state index contributed by atoms with van der Waals surface area (Å²) in [4.78, 5) is 0.857. The maximum atomic E-state index is 5.18. The molecule has 0 fully saturated rings. The molecule has 1 aromatic carbocycles. The molecule has 1 N–H and O–H groups in total. The zero-order valence-corrected chi connectivity index (χ0v) is 9.52. The maximum absolute atomic E-state index is 5.18. The zero-order chi connectivity index (χ0) is 10.6. The van der Waals surface area contributed by atoms with E-state index in [9.17, 15) is 0 Å². The summed E-state index contributed by atoms with van der Waals surface area (Å²) >= 11 is 5.18.